The number of benzene rings is 1. The number of nitrogens with zero attached hydrogens (tertiary/aromatic N) is 1. The van der Waals surface area contributed by atoms with E-state index in [1.807, 2.05) is 18.2 Å². The molecule has 2 aromatic rings. The summed E-state index contributed by atoms with van der Waals surface area (Å²) in [6.45, 7) is 0.274. The fourth-order valence-electron chi connectivity index (χ4n) is 1.73. The largest absolute Gasteiger partial charge is 0.396 e. The highest BCUT2D eigenvalue weighted by molar-refractivity contribution is 6.31. The predicted octanol–water partition coefficient (Wildman–Crippen LogP) is 2.92. The molecule has 0 aliphatic rings. The zero-order valence-corrected chi connectivity index (χ0v) is 9.80. The van der Waals surface area contributed by atoms with Crippen LogP contribution in [0.25, 0.3) is 11.0 Å². The van der Waals surface area contributed by atoms with E-state index in [1.165, 1.54) is 0 Å². The second-order valence-electron chi connectivity index (χ2n) is 3.88. The van der Waals surface area contributed by atoms with Gasteiger partial charge >= 0.3 is 0 Å². The molecular formula is C12H15ClN2O. The van der Waals surface area contributed by atoms with Gasteiger partial charge in [-0.25, -0.2) is 4.98 Å². The lowest BCUT2D eigenvalue weighted by atomic mass is 10.2. The van der Waals surface area contributed by atoms with Crippen LogP contribution in [-0.2, 0) is 6.42 Å². The van der Waals surface area contributed by atoms with Gasteiger partial charge in [-0.1, -0.05) is 18.0 Å². The smallest absolute Gasteiger partial charge is 0.107 e. The van der Waals surface area contributed by atoms with Crippen LogP contribution in [0.15, 0.2) is 18.2 Å². The van der Waals surface area contributed by atoms with E-state index in [4.69, 9.17) is 16.7 Å². The van der Waals surface area contributed by atoms with Crippen LogP contribution < -0.4 is 0 Å². The molecule has 0 aliphatic carbocycles. The average Bonchev–Trinajstić information content (AvgIpc) is 2.66. The fourth-order valence-corrected chi connectivity index (χ4v) is 1.91. The molecule has 0 aliphatic heterocycles. The summed E-state index contributed by atoms with van der Waals surface area (Å²) >= 11 is 5.90. The molecule has 0 radical (unpaired) electrons. The third kappa shape index (κ3) is 2.74. The Labute approximate surface area is 99.5 Å². The third-order valence-electron chi connectivity index (χ3n) is 2.56. The van der Waals surface area contributed by atoms with Crippen LogP contribution >= 0.6 is 11.6 Å². The number of aliphatic hydroxyl groups excluding tert-OH is 1. The van der Waals surface area contributed by atoms with Gasteiger partial charge in [0.2, 0.25) is 0 Å². The maximum absolute atomic E-state index is 8.67. The minimum absolute atomic E-state index is 0.274. The summed E-state index contributed by atoms with van der Waals surface area (Å²) in [7, 11) is 0. The van der Waals surface area contributed by atoms with Crippen LogP contribution in [0, 0.1) is 0 Å². The van der Waals surface area contributed by atoms with Crippen LogP contribution in [-0.4, -0.2) is 21.7 Å². The molecule has 2 rings (SSSR count). The molecule has 0 saturated carbocycles. The van der Waals surface area contributed by atoms with Crippen molar-refractivity contribution in [3.63, 3.8) is 0 Å². The number of unbranched alkanes of at least 4 members (excludes halogenated alkanes) is 2. The maximum Gasteiger partial charge on any atom is 0.107 e. The number of aliphatic hydroxyl groups is 1. The Kier molecular flexibility index (Phi) is 3.80. The number of rotatable bonds is 5. The van der Waals surface area contributed by atoms with E-state index in [0.29, 0.717) is 0 Å². The average molecular weight is 239 g/mol. The van der Waals surface area contributed by atoms with Crippen molar-refractivity contribution >= 4 is 22.6 Å². The summed E-state index contributed by atoms with van der Waals surface area (Å²) in [5, 5.41) is 9.40. The zero-order chi connectivity index (χ0) is 11.4. The van der Waals surface area contributed by atoms with Crippen molar-refractivity contribution in [1.29, 1.82) is 0 Å². The topological polar surface area (TPSA) is 48.9 Å². The molecule has 1 aromatic heterocycles. The Morgan fingerprint density at radius 3 is 2.94 bits per heavy atom. The standard InChI is InChI=1S/C12H15ClN2O/c13-9-5-6-10-11(8-9)15-12(14-10)4-2-1-3-7-16/h5-6,8,16H,1-4,7H2,(H,14,15). The van der Waals surface area contributed by atoms with Crippen LogP contribution in [0.3, 0.4) is 0 Å². The number of imidazole rings is 1. The van der Waals surface area contributed by atoms with E-state index in [0.717, 1.165) is 47.6 Å². The summed E-state index contributed by atoms with van der Waals surface area (Å²) in [4.78, 5) is 7.73. The molecule has 0 saturated heterocycles. The third-order valence-corrected chi connectivity index (χ3v) is 2.80. The monoisotopic (exact) mass is 238 g/mol. The van der Waals surface area contributed by atoms with Crippen LogP contribution in [0.5, 0.6) is 0 Å². The minimum Gasteiger partial charge on any atom is -0.396 e. The van der Waals surface area contributed by atoms with E-state index < -0.39 is 0 Å². The molecule has 0 spiro atoms. The molecule has 0 atom stereocenters. The molecule has 86 valence electrons. The Balaban J connectivity index is 2.02. The number of aryl methyl sites for hydroxylation is 1. The maximum atomic E-state index is 8.67. The van der Waals surface area contributed by atoms with Crippen molar-refractivity contribution in [3.8, 4) is 0 Å². The normalized spacial score (nSPS) is 11.1. The zero-order valence-electron chi connectivity index (χ0n) is 9.04. The summed E-state index contributed by atoms with van der Waals surface area (Å²) in [5.74, 6) is 0.996. The van der Waals surface area contributed by atoms with Gasteiger partial charge in [0.05, 0.1) is 11.0 Å². The van der Waals surface area contributed by atoms with Gasteiger partial charge in [-0.05, 0) is 31.0 Å². The molecule has 2 N–H and O–H groups in total. The summed E-state index contributed by atoms with van der Waals surface area (Å²) < 4.78 is 0. The van der Waals surface area contributed by atoms with Gasteiger partial charge in [-0.15, -0.1) is 0 Å². The van der Waals surface area contributed by atoms with Gasteiger partial charge in [0.1, 0.15) is 5.82 Å². The van der Waals surface area contributed by atoms with Crippen LogP contribution in [0.2, 0.25) is 5.02 Å². The van der Waals surface area contributed by atoms with Crippen LogP contribution in [0.1, 0.15) is 25.1 Å². The highest BCUT2D eigenvalue weighted by atomic mass is 35.5. The number of halogens is 1. The predicted molar refractivity (Wildman–Crippen MR) is 65.7 cm³/mol. The lowest BCUT2D eigenvalue weighted by molar-refractivity contribution is 0.283. The molecule has 0 bridgehead atoms. The number of aromatic amines is 1. The molecule has 1 heterocycles. The lowest BCUT2D eigenvalue weighted by Crippen LogP contribution is -1.89. The van der Waals surface area contributed by atoms with Gasteiger partial charge in [-0.3, -0.25) is 0 Å². The van der Waals surface area contributed by atoms with Crippen molar-refractivity contribution in [3.05, 3.63) is 29.0 Å². The van der Waals surface area contributed by atoms with Crippen molar-refractivity contribution in [2.75, 3.05) is 6.61 Å². The van der Waals surface area contributed by atoms with Gasteiger partial charge in [0.25, 0.3) is 0 Å². The lowest BCUT2D eigenvalue weighted by Gasteiger charge is -1.95. The van der Waals surface area contributed by atoms with E-state index in [9.17, 15) is 0 Å². The molecular weight excluding hydrogens is 224 g/mol. The van der Waals surface area contributed by atoms with E-state index in [-0.39, 0.29) is 6.61 Å². The molecule has 0 unspecified atom stereocenters. The highest BCUT2D eigenvalue weighted by Gasteiger charge is 2.02. The highest BCUT2D eigenvalue weighted by Crippen LogP contribution is 2.17. The first-order valence-electron chi connectivity index (χ1n) is 5.54. The first kappa shape index (κ1) is 11.4. The number of hydrogen-bond acceptors (Lipinski definition) is 2. The minimum atomic E-state index is 0.274. The first-order chi connectivity index (χ1) is 7.79. The number of hydrogen-bond donors (Lipinski definition) is 2. The van der Waals surface area contributed by atoms with E-state index in [2.05, 4.69) is 9.97 Å². The number of fused-ring (bicyclic) bond motifs is 1. The first-order valence-corrected chi connectivity index (χ1v) is 5.92. The van der Waals surface area contributed by atoms with Gasteiger partial charge in [-0.2, -0.15) is 0 Å². The number of nitrogens with one attached hydrogen (secondary N) is 1. The second-order valence-corrected chi connectivity index (χ2v) is 4.32. The second kappa shape index (κ2) is 5.32. The Hall–Kier alpha value is -1.06. The Bertz CT molecular complexity index is 467. The molecule has 3 nitrogen and oxygen atoms in total. The molecule has 0 fully saturated rings. The van der Waals surface area contributed by atoms with Crippen molar-refractivity contribution < 1.29 is 5.11 Å². The van der Waals surface area contributed by atoms with Crippen molar-refractivity contribution in [1.82, 2.24) is 9.97 Å². The molecule has 1 aromatic carbocycles. The van der Waals surface area contributed by atoms with E-state index >= 15 is 0 Å². The van der Waals surface area contributed by atoms with E-state index in [1.54, 1.807) is 0 Å². The number of H-pyrrole nitrogens is 1. The van der Waals surface area contributed by atoms with Crippen molar-refractivity contribution in [2.45, 2.75) is 25.7 Å². The van der Waals surface area contributed by atoms with Gasteiger partial charge in [0.15, 0.2) is 0 Å². The van der Waals surface area contributed by atoms with Gasteiger partial charge < -0.3 is 10.1 Å². The summed E-state index contributed by atoms with van der Waals surface area (Å²) in [6.07, 6.45) is 3.88. The summed E-state index contributed by atoms with van der Waals surface area (Å²) in [5.41, 5.74) is 1.95. The summed E-state index contributed by atoms with van der Waals surface area (Å²) in [6, 6.07) is 5.66. The number of aromatic nitrogens is 2. The Morgan fingerprint density at radius 2 is 2.12 bits per heavy atom. The van der Waals surface area contributed by atoms with Gasteiger partial charge in [0, 0.05) is 18.1 Å². The molecule has 16 heavy (non-hydrogen) atoms. The Morgan fingerprint density at radius 1 is 1.25 bits per heavy atom. The molecule has 4 heteroatoms. The SMILES string of the molecule is OCCCCCc1nc2ccc(Cl)cc2[nH]1. The quantitative estimate of drug-likeness (QED) is 0.787. The fraction of sp³-hybridized carbons (Fsp3) is 0.417. The van der Waals surface area contributed by atoms with Crippen molar-refractivity contribution in [2.24, 2.45) is 0 Å². The van der Waals surface area contributed by atoms with Crippen LogP contribution in [0.4, 0.5) is 0 Å². The molecule has 0 amide bonds.